The van der Waals surface area contributed by atoms with Crippen molar-refractivity contribution in [3.63, 3.8) is 0 Å². The lowest BCUT2D eigenvalue weighted by molar-refractivity contribution is 0.345. The van der Waals surface area contributed by atoms with Crippen molar-refractivity contribution < 1.29 is 4.52 Å². The van der Waals surface area contributed by atoms with Crippen LogP contribution in [0.3, 0.4) is 0 Å². The molecule has 0 aliphatic heterocycles. The van der Waals surface area contributed by atoms with Crippen LogP contribution in [0.25, 0.3) is 0 Å². The smallest absolute Gasteiger partial charge is 0.229 e. The van der Waals surface area contributed by atoms with E-state index in [-0.39, 0.29) is 0 Å². The molecule has 0 N–H and O–H groups in total. The molecule has 0 bridgehead atoms. The fraction of sp³-hybridized carbons (Fsp3) is 0.818. The summed E-state index contributed by atoms with van der Waals surface area (Å²) in [5.41, 5.74) is 0. The van der Waals surface area contributed by atoms with Gasteiger partial charge in [0.1, 0.15) is 0 Å². The molecule has 0 aromatic carbocycles. The highest BCUT2D eigenvalue weighted by Gasteiger charge is 2.39. The van der Waals surface area contributed by atoms with Gasteiger partial charge in [-0.3, -0.25) is 0 Å². The topological polar surface area (TPSA) is 38.9 Å². The molecule has 14 heavy (non-hydrogen) atoms. The van der Waals surface area contributed by atoms with Gasteiger partial charge in [-0.05, 0) is 31.6 Å². The highest BCUT2D eigenvalue weighted by molar-refractivity contribution is 5.01. The molecule has 2 aliphatic carbocycles. The molecule has 1 heterocycles. The lowest BCUT2D eigenvalue weighted by atomic mass is 10.0. The summed E-state index contributed by atoms with van der Waals surface area (Å²) in [6.45, 7) is 1.89. The minimum absolute atomic E-state index is 0.562. The Labute approximate surface area is 83.9 Å². The van der Waals surface area contributed by atoms with Crippen LogP contribution < -0.4 is 0 Å². The fourth-order valence-electron chi connectivity index (χ4n) is 3.24. The van der Waals surface area contributed by atoms with Crippen molar-refractivity contribution in [3.8, 4) is 0 Å². The normalized spacial score (nSPS) is 36.2. The molecule has 2 atom stereocenters. The lowest BCUT2D eigenvalue weighted by Gasteiger charge is -2.04. The molecule has 2 saturated carbocycles. The molecule has 2 aliphatic rings. The zero-order chi connectivity index (χ0) is 9.54. The Bertz CT molecular complexity index is 322. The van der Waals surface area contributed by atoms with E-state index in [1.165, 1.54) is 32.1 Å². The van der Waals surface area contributed by atoms with Crippen molar-refractivity contribution in [1.29, 1.82) is 0 Å². The van der Waals surface area contributed by atoms with Crippen molar-refractivity contribution in [2.75, 3.05) is 0 Å². The van der Waals surface area contributed by atoms with Crippen LogP contribution in [-0.4, -0.2) is 10.1 Å². The van der Waals surface area contributed by atoms with Gasteiger partial charge in [0, 0.05) is 5.92 Å². The monoisotopic (exact) mass is 192 g/mol. The van der Waals surface area contributed by atoms with Crippen LogP contribution >= 0.6 is 0 Å². The molecule has 3 rings (SSSR count). The predicted octanol–water partition coefficient (Wildman–Crippen LogP) is 2.67. The van der Waals surface area contributed by atoms with Crippen LogP contribution in [0.4, 0.5) is 0 Å². The van der Waals surface area contributed by atoms with Gasteiger partial charge in [-0.2, -0.15) is 4.98 Å². The van der Waals surface area contributed by atoms with Crippen LogP contribution in [0.15, 0.2) is 4.52 Å². The van der Waals surface area contributed by atoms with E-state index < -0.39 is 0 Å². The van der Waals surface area contributed by atoms with Gasteiger partial charge in [-0.25, -0.2) is 0 Å². The van der Waals surface area contributed by atoms with Gasteiger partial charge >= 0.3 is 0 Å². The van der Waals surface area contributed by atoms with Crippen molar-refractivity contribution >= 4 is 0 Å². The Kier molecular flexibility index (Phi) is 1.85. The third-order valence-electron chi connectivity index (χ3n) is 3.88. The standard InChI is InChI=1S/C11H16N2O/c1-7-12-11(14-13-7)10-5-8-3-2-4-9(8)6-10/h8-10H,2-6H2,1H3. The Balaban J connectivity index is 1.76. The summed E-state index contributed by atoms with van der Waals surface area (Å²) >= 11 is 0. The van der Waals surface area contributed by atoms with E-state index in [2.05, 4.69) is 10.1 Å². The van der Waals surface area contributed by atoms with Gasteiger partial charge in [-0.15, -0.1) is 0 Å². The van der Waals surface area contributed by atoms with Crippen molar-refractivity contribution in [2.24, 2.45) is 11.8 Å². The number of fused-ring (bicyclic) bond motifs is 1. The summed E-state index contributed by atoms with van der Waals surface area (Å²) in [7, 11) is 0. The first kappa shape index (κ1) is 8.45. The molecule has 0 spiro atoms. The van der Waals surface area contributed by atoms with Gasteiger partial charge in [0.15, 0.2) is 5.82 Å². The molecule has 3 nitrogen and oxygen atoms in total. The first-order chi connectivity index (χ1) is 6.83. The van der Waals surface area contributed by atoms with E-state index >= 15 is 0 Å². The third-order valence-corrected chi connectivity index (χ3v) is 3.88. The number of nitrogens with zero attached hydrogens (tertiary/aromatic N) is 2. The summed E-state index contributed by atoms with van der Waals surface area (Å²) in [5.74, 6) is 4.12. The second-order valence-electron chi connectivity index (χ2n) is 4.80. The highest BCUT2D eigenvalue weighted by atomic mass is 16.5. The third kappa shape index (κ3) is 1.26. The average molecular weight is 192 g/mol. The molecule has 3 heteroatoms. The number of aryl methyl sites for hydroxylation is 1. The second kappa shape index (κ2) is 3.07. The molecular weight excluding hydrogens is 176 g/mol. The largest absolute Gasteiger partial charge is 0.339 e. The molecule has 2 unspecified atom stereocenters. The van der Waals surface area contributed by atoms with Crippen LogP contribution in [0.5, 0.6) is 0 Å². The van der Waals surface area contributed by atoms with Gasteiger partial charge < -0.3 is 4.52 Å². The van der Waals surface area contributed by atoms with Gasteiger partial charge in [0.25, 0.3) is 0 Å². The van der Waals surface area contributed by atoms with Crippen LogP contribution in [0.2, 0.25) is 0 Å². The zero-order valence-corrected chi connectivity index (χ0v) is 8.57. The van der Waals surface area contributed by atoms with E-state index in [1.54, 1.807) is 0 Å². The first-order valence-electron chi connectivity index (χ1n) is 5.63. The SMILES string of the molecule is Cc1noc(C2CC3CCCC3C2)n1. The summed E-state index contributed by atoms with van der Waals surface area (Å²) in [5, 5.41) is 3.87. The molecule has 0 saturated heterocycles. The summed E-state index contributed by atoms with van der Waals surface area (Å²) in [6, 6.07) is 0. The van der Waals surface area contributed by atoms with Crippen LogP contribution in [-0.2, 0) is 0 Å². The Morgan fingerprint density at radius 1 is 1.21 bits per heavy atom. The lowest BCUT2D eigenvalue weighted by Crippen LogP contribution is -1.95. The molecular formula is C11H16N2O. The maximum atomic E-state index is 5.25. The van der Waals surface area contributed by atoms with E-state index in [4.69, 9.17) is 4.52 Å². The maximum absolute atomic E-state index is 5.25. The van der Waals surface area contributed by atoms with Gasteiger partial charge in [0.2, 0.25) is 5.89 Å². The maximum Gasteiger partial charge on any atom is 0.229 e. The number of rotatable bonds is 1. The number of aromatic nitrogens is 2. The van der Waals surface area contributed by atoms with Gasteiger partial charge in [0.05, 0.1) is 0 Å². The number of hydrogen-bond acceptors (Lipinski definition) is 3. The van der Waals surface area contributed by atoms with Crippen LogP contribution in [0, 0.1) is 18.8 Å². The van der Waals surface area contributed by atoms with E-state index in [1.807, 2.05) is 6.92 Å². The Morgan fingerprint density at radius 2 is 1.93 bits per heavy atom. The molecule has 0 amide bonds. The molecule has 1 aromatic heterocycles. The predicted molar refractivity (Wildman–Crippen MR) is 51.8 cm³/mol. The Morgan fingerprint density at radius 3 is 2.50 bits per heavy atom. The zero-order valence-electron chi connectivity index (χ0n) is 8.57. The molecule has 0 radical (unpaired) electrons. The van der Waals surface area contributed by atoms with E-state index in [9.17, 15) is 0 Å². The van der Waals surface area contributed by atoms with Crippen LogP contribution in [0.1, 0.15) is 49.7 Å². The minimum Gasteiger partial charge on any atom is -0.339 e. The Hall–Kier alpha value is -0.860. The van der Waals surface area contributed by atoms with Gasteiger partial charge in [-0.1, -0.05) is 24.4 Å². The summed E-state index contributed by atoms with van der Waals surface area (Å²) < 4.78 is 5.25. The molecule has 2 fully saturated rings. The van der Waals surface area contributed by atoms with E-state index in [0.29, 0.717) is 5.92 Å². The summed E-state index contributed by atoms with van der Waals surface area (Å²) in [4.78, 5) is 4.34. The highest BCUT2D eigenvalue weighted by Crippen LogP contribution is 2.49. The van der Waals surface area contributed by atoms with Crippen molar-refractivity contribution in [1.82, 2.24) is 10.1 Å². The molecule has 1 aromatic rings. The average Bonchev–Trinajstić information content (AvgIpc) is 2.75. The number of hydrogen-bond donors (Lipinski definition) is 0. The molecule has 76 valence electrons. The minimum atomic E-state index is 0.562. The quantitative estimate of drug-likeness (QED) is 0.686. The second-order valence-corrected chi connectivity index (χ2v) is 4.80. The van der Waals surface area contributed by atoms with Crippen molar-refractivity contribution in [3.05, 3.63) is 11.7 Å². The van der Waals surface area contributed by atoms with E-state index in [0.717, 1.165) is 23.6 Å². The summed E-state index contributed by atoms with van der Waals surface area (Å²) in [6.07, 6.45) is 6.85. The first-order valence-corrected chi connectivity index (χ1v) is 5.63. The fourth-order valence-corrected chi connectivity index (χ4v) is 3.24. The van der Waals surface area contributed by atoms with Crippen molar-refractivity contribution in [2.45, 2.75) is 44.9 Å².